The minimum atomic E-state index is -0.749. The summed E-state index contributed by atoms with van der Waals surface area (Å²) in [4.78, 5) is 10.3. The summed E-state index contributed by atoms with van der Waals surface area (Å²) >= 11 is 0. The van der Waals surface area contributed by atoms with Crippen molar-refractivity contribution in [2.75, 3.05) is 13.1 Å². The first-order valence-electron chi connectivity index (χ1n) is 8.53. The zero-order valence-corrected chi connectivity index (χ0v) is 14.1. The van der Waals surface area contributed by atoms with Crippen LogP contribution in [0, 0.1) is 0 Å². The smallest absolute Gasteiger partial charge is 0.115 e. The molecule has 0 radical (unpaired) electrons. The van der Waals surface area contributed by atoms with Gasteiger partial charge in [-0.2, -0.15) is 5.10 Å². The van der Waals surface area contributed by atoms with E-state index in [1.807, 2.05) is 16.9 Å². The van der Waals surface area contributed by atoms with Crippen LogP contribution in [0.25, 0.3) is 0 Å². The van der Waals surface area contributed by atoms with Crippen molar-refractivity contribution in [1.82, 2.24) is 30.0 Å². The van der Waals surface area contributed by atoms with Crippen LogP contribution in [0.3, 0.4) is 0 Å². The average molecular weight is 332 g/mol. The number of nitrogens with zero attached hydrogens (tertiary/aromatic N) is 5. The number of likely N-dealkylation sites (tertiary alicyclic amines) is 1. The lowest BCUT2D eigenvalue weighted by Gasteiger charge is -2.25. The second-order valence-corrected chi connectivity index (χ2v) is 6.53. The van der Waals surface area contributed by atoms with Gasteiger partial charge in [-0.3, -0.25) is 9.58 Å². The van der Waals surface area contributed by atoms with E-state index in [1.54, 1.807) is 18.6 Å². The van der Waals surface area contributed by atoms with Crippen molar-refractivity contribution in [2.45, 2.75) is 51.1 Å². The molecule has 0 unspecified atom stereocenters. The Balaban J connectivity index is 1.45. The zero-order valence-electron chi connectivity index (χ0n) is 14.1. The largest absolute Gasteiger partial charge is 0.313 e. The van der Waals surface area contributed by atoms with Crippen LogP contribution < -0.4 is 5.32 Å². The van der Waals surface area contributed by atoms with Crippen molar-refractivity contribution in [3.8, 4) is 0 Å². The molecule has 130 valence electrons. The van der Waals surface area contributed by atoms with Crippen LogP contribution in [0.4, 0.5) is 4.39 Å². The Hall–Kier alpha value is -1.86. The van der Waals surface area contributed by atoms with E-state index in [4.69, 9.17) is 0 Å². The molecule has 3 atom stereocenters. The minimum absolute atomic E-state index is 0.215. The standard InChI is InChI=1S/C17H25FN6/c1-14(3-6-24-5-2-4-22-24)21-10-17-7-16(18)12-23(17)11-15-8-19-13-20-9-15/h2,4-5,8-9,13-14,16-17,21H,3,6-7,10-12H2,1H3/t14-,16-,17-/m0/s1. The van der Waals surface area contributed by atoms with Gasteiger partial charge in [0.15, 0.2) is 0 Å². The maximum atomic E-state index is 13.9. The maximum absolute atomic E-state index is 13.9. The fraction of sp³-hybridized carbons (Fsp3) is 0.588. The Morgan fingerprint density at radius 3 is 2.96 bits per heavy atom. The van der Waals surface area contributed by atoms with Gasteiger partial charge in [0.05, 0.1) is 0 Å². The Morgan fingerprint density at radius 2 is 2.21 bits per heavy atom. The lowest BCUT2D eigenvalue weighted by molar-refractivity contribution is 0.225. The van der Waals surface area contributed by atoms with Crippen LogP contribution in [0.5, 0.6) is 0 Å². The number of rotatable bonds is 8. The summed E-state index contributed by atoms with van der Waals surface area (Å²) in [7, 11) is 0. The van der Waals surface area contributed by atoms with Gasteiger partial charge in [0.25, 0.3) is 0 Å². The highest BCUT2D eigenvalue weighted by Gasteiger charge is 2.32. The normalized spacial score (nSPS) is 22.8. The Kier molecular flexibility index (Phi) is 5.87. The number of hydrogen-bond donors (Lipinski definition) is 1. The van der Waals surface area contributed by atoms with Crippen molar-refractivity contribution in [3.63, 3.8) is 0 Å². The van der Waals surface area contributed by atoms with Crippen molar-refractivity contribution in [3.05, 3.63) is 42.7 Å². The van der Waals surface area contributed by atoms with E-state index in [0.29, 0.717) is 25.6 Å². The van der Waals surface area contributed by atoms with Crippen molar-refractivity contribution in [1.29, 1.82) is 0 Å². The van der Waals surface area contributed by atoms with E-state index < -0.39 is 6.17 Å². The average Bonchev–Trinajstić information content (AvgIpc) is 3.22. The molecule has 3 heterocycles. The van der Waals surface area contributed by atoms with Crippen molar-refractivity contribution < 1.29 is 4.39 Å². The second kappa shape index (κ2) is 8.30. The van der Waals surface area contributed by atoms with Gasteiger partial charge in [0.2, 0.25) is 0 Å². The molecule has 0 aliphatic carbocycles. The fourth-order valence-corrected chi connectivity index (χ4v) is 3.17. The van der Waals surface area contributed by atoms with Gasteiger partial charge in [-0.1, -0.05) is 0 Å². The summed E-state index contributed by atoms with van der Waals surface area (Å²) in [6, 6.07) is 2.52. The first-order valence-corrected chi connectivity index (χ1v) is 8.53. The van der Waals surface area contributed by atoms with E-state index in [2.05, 4.69) is 32.2 Å². The van der Waals surface area contributed by atoms with Gasteiger partial charge in [-0.25, -0.2) is 14.4 Å². The van der Waals surface area contributed by atoms with Crippen LogP contribution in [-0.4, -0.2) is 56.0 Å². The van der Waals surface area contributed by atoms with E-state index in [0.717, 1.165) is 25.1 Å². The van der Waals surface area contributed by atoms with E-state index in [9.17, 15) is 4.39 Å². The fourth-order valence-electron chi connectivity index (χ4n) is 3.17. The third-order valence-electron chi connectivity index (χ3n) is 4.53. The molecule has 2 aromatic heterocycles. The summed E-state index contributed by atoms with van der Waals surface area (Å²) < 4.78 is 15.8. The highest BCUT2D eigenvalue weighted by molar-refractivity contribution is 5.04. The molecule has 1 aliphatic heterocycles. The molecule has 0 aromatic carbocycles. The summed E-state index contributed by atoms with van der Waals surface area (Å²) in [5.41, 5.74) is 1.03. The van der Waals surface area contributed by atoms with Gasteiger partial charge >= 0.3 is 0 Å². The van der Waals surface area contributed by atoms with E-state index >= 15 is 0 Å². The lowest BCUT2D eigenvalue weighted by Crippen LogP contribution is -2.41. The SMILES string of the molecule is C[C@@H](CCn1cccn1)NC[C@@H]1C[C@H](F)CN1Cc1cncnc1. The van der Waals surface area contributed by atoms with E-state index in [1.165, 1.54) is 6.33 Å². The number of hydrogen-bond acceptors (Lipinski definition) is 5. The quantitative estimate of drug-likeness (QED) is 0.797. The predicted molar refractivity (Wildman–Crippen MR) is 90.1 cm³/mol. The molecule has 1 aliphatic rings. The first-order chi connectivity index (χ1) is 11.7. The van der Waals surface area contributed by atoms with Gasteiger partial charge in [0.1, 0.15) is 12.5 Å². The van der Waals surface area contributed by atoms with Crippen LogP contribution in [-0.2, 0) is 13.1 Å². The highest BCUT2D eigenvalue weighted by Crippen LogP contribution is 2.22. The van der Waals surface area contributed by atoms with Crippen LogP contribution in [0.2, 0.25) is 0 Å². The molecule has 0 spiro atoms. The third-order valence-corrected chi connectivity index (χ3v) is 4.53. The van der Waals surface area contributed by atoms with Gasteiger partial charge in [-0.15, -0.1) is 0 Å². The number of halogens is 1. The van der Waals surface area contributed by atoms with Gasteiger partial charge in [-0.05, 0) is 25.8 Å². The molecule has 0 saturated carbocycles. The Morgan fingerprint density at radius 1 is 1.38 bits per heavy atom. The molecule has 1 saturated heterocycles. The Bertz CT molecular complexity index is 590. The summed E-state index contributed by atoms with van der Waals surface area (Å²) in [5, 5.41) is 7.76. The molecular weight excluding hydrogens is 307 g/mol. The number of nitrogens with one attached hydrogen (secondary N) is 1. The highest BCUT2D eigenvalue weighted by atomic mass is 19.1. The van der Waals surface area contributed by atoms with Gasteiger partial charge < -0.3 is 5.32 Å². The topological polar surface area (TPSA) is 58.9 Å². The van der Waals surface area contributed by atoms with Crippen molar-refractivity contribution >= 4 is 0 Å². The molecule has 7 heteroatoms. The summed E-state index contributed by atoms with van der Waals surface area (Å²) in [5.74, 6) is 0. The first kappa shape index (κ1) is 17.0. The summed E-state index contributed by atoms with van der Waals surface area (Å²) in [6.45, 7) is 5.05. The molecule has 0 amide bonds. The van der Waals surface area contributed by atoms with Crippen molar-refractivity contribution in [2.24, 2.45) is 0 Å². The molecule has 1 N–H and O–H groups in total. The predicted octanol–water partition coefficient (Wildman–Crippen LogP) is 1.65. The molecule has 24 heavy (non-hydrogen) atoms. The maximum Gasteiger partial charge on any atom is 0.115 e. The van der Waals surface area contributed by atoms with Crippen LogP contribution in [0.15, 0.2) is 37.2 Å². The molecular formula is C17H25FN6. The molecule has 0 bridgehead atoms. The number of aromatic nitrogens is 4. The Labute approximate surface area is 142 Å². The second-order valence-electron chi connectivity index (χ2n) is 6.53. The molecule has 1 fully saturated rings. The lowest BCUT2D eigenvalue weighted by atomic mass is 10.1. The molecule has 2 aromatic rings. The molecule has 6 nitrogen and oxygen atoms in total. The number of aryl methyl sites for hydroxylation is 1. The summed E-state index contributed by atoms with van der Waals surface area (Å²) in [6.07, 6.45) is 9.73. The number of alkyl halides is 1. The van der Waals surface area contributed by atoms with E-state index in [-0.39, 0.29) is 6.04 Å². The monoisotopic (exact) mass is 332 g/mol. The third kappa shape index (κ3) is 4.82. The molecule has 3 rings (SSSR count). The van der Waals surface area contributed by atoms with Crippen LogP contribution in [0.1, 0.15) is 25.3 Å². The van der Waals surface area contributed by atoms with Crippen LogP contribution >= 0.6 is 0 Å². The van der Waals surface area contributed by atoms with Gasteiger partial charge in [0, 0.05) is 68.6 Å². The zero-order chi connectivity index (χ0) is 16.8. The minimum Gasteiger partial charge on any atom is -0.313 e.